The third kappa shape index (κ3) is 6.18. The average molecular weight is 715 g/mol. The topological polar surface area (TPSA) is 17.3 Å². The molecule has 0 radical (unpaired) electrons. The molecule has 2 nitrogen and oxygen atoms in total. The van der Waals surface area contributed by atoms with E-state index in [4.69, 9.17) is 5.10 Å². The van der Waals surface area contributed by atoms with Crippen LogP contribution in [0, 0.1) is 0 Å². The van der Waals surface area contributed by atoms with Crippen molar-refractivity contribution in [2.75, 3.05) is 0 Å². The SMILES string of the molecule is c1ccc(-c2ccc(-c3ccc(C(c4ccccc4)c4ccc5c(c4)cc(-c4ccccc4)n4nc(-c6ccccc6)c(-c6ccccc6)c54)cc3)cc2)cc1. The molecule has 0 aliphatic carbocycles. The van der Waals surface area contributed by atoms with Crippen LogP contribution in [-0.2, 0) is 0 Å². The molecule has 0 amide bonds. The van der Waals surface area contributed by atoms with Gasteiger partial charge in [-0.1, -0.05) is 218 Å². The number of rotatable bonds is 8. The lowest BCUT2D eigenvalue weighted by atomic mass is 9.83. The van der Waals surface area contributed by atoms with E-state index in [1.807, 2.05) is 0 Å². The van der Waals surface area contributed by atoms with Gasteiger partial charge in [0.05, 0.1) is 11.2 Å². The molecule has 0 aliphatic rings. The third-order valence-electron chi connectivity index (χ3n) is 11.0. The predicted octanol–water partition coefficient (Wildman–Crippen LogP) is 14.0. The first-order chi connectivity index (χ1) is 27.8. The lowest BCUT2D eigenvalue weighted by Crippen LogP contribution is -2.04. The quantitative estimate of drug-likeness (QED) is 0.143. The third-order valence-corrected chi connectivity index (χ3v) is 11.0. The van der Waals surface area contributed by atoms with Crippen LogP contribution in [0.3, 0.4) is 0 Å². The molecule has 2 aromatic heterocycles. The summed E-state index contributed by atoms with van der Waals surface area (Å²) in [4.78, 5) is 0. The van der Waals surface area contributed by atoms with Crippen molar-refractivity contribution in [3.8, 4) is 55.9 Å². The van der Waals surface area contributed by atoms with E-state index in [0.717, 1.165) is 39.2 Å². The maximum absolute atomic E-state index is 5.41. The van der Waals surface area contributed by atoms with Crippen molar-refractivity contribution in [2.24, 2.45) is 0 Å². The minimum absolute atomic E-state index is 0.0462. The first-order valence-corrected chi connectivity index (χ1v) is 19.2. The van der Waals surface area contributed by atoms with Gasteiger partial charge in [0.1, 0.15) is 5.69 Å². The number of hydrogen-bond donors (Lipinski definition) is 0. The summed E-state index contributed by atoms with van der Waals surface area (Å²) in [6.07, 6.45) is 0. The Hall–Kier alpha value is -7.29. The van der Waals surface area contributed by atoms with Crippen molar-refractivity contribution in [1.82, 2.24) is 9.61 Å². The molecule has 56 heavy (non-hydrogen) atoms. The van der Waals surface area contributed by atoms with Gasteiger partial charge >= 0.3 is 0 Å². The van der Waals surface area contributed by atoms with E-state index < -0.39 is 0 Å². The van der Waals surface area contributed by atoms with Gasteiger partial charge in [-0.2, -0.15) is 5.10 Å². The Kier molecular flexibility index (Phi) is 8.62. The molecule has 10 aromatic rings. The molecular weight excluding hydrogens is 677 g/mol. The molecular formula is C54H38N2. The summed E-state index contributed by atoms with van der Waals surface area (Å²) < 4.78 is 2.17. The minimum atomic E-state index is 0.0462. The van der Waals surface area contributed by atoms with E-state index in [1.165, 1.54) is 49.7 Å². The van der Waals surface area contributed by atoms with Gasteiger partial charge in [-0.3, -0.25) is 0 Å². The molecule has 1 unspecified atom stereocenters. The van der Waals surface area contributed by atoms with Crippen LogP contribution >= 0.6 is 0 Å². The van der Waals surface area contributed by atoms with Crippen molar-refractivity contribution >= 4 is 16.3 Å². The lowest BCUT2D eigenvalue weighted by Gasteiger charge is -2.21. The number of aromatic nitrogens is 2. The van der Waals surface area contributed by atoms with E-state index in [-0.39, 0.29) is 5.92 Å². The second kappa shape index (κ2) is 14.5. The van der Waals surface area contributed by atoms with Gasteiger partial charge in [0.15, 0.2) is 0 Å². The summed E-state index contributed by atoms with van der Waals surface area (Å²) in [5.41, 5.74) is 16.3. The van der Waals surface area contributed by atoms with Crippen LogP contribution in [0.5, 0.6) is 0 Å². The highest BCUT2D eigenvalue weighted by molar-refractivity contribution is 6.08. The van der Waals surface area contributed by atoms with Crippen LogP contribution in [0.4, 0.5) is 0 Å². The lowest BCUT2D eigenvalue weighted by molar-refractivity contribution is 0.973. The Balaban J connectivity index is 1.14. The van der Waals surface area contributed by atoms with Crippen LogP contribution in [0.25, 0.3) is 72.2 Å². The Morgan fingerprint density at radius 3 is 1.34 bits per heavy atom. The zero-order valence-corrected chi connectivity index (χ0v) is 30.8. The van der Waals surface area contributed by atoms with Crippen molar-refractivity contribution in [3.63, 3.8) is 0 Å². The van der Waals surface area contributed by atoms with E-state index >= 15 is 0 Å². The van der Waals surface area contributed by atoms with E-state index in [1.54, 1.807) is 0 Å². The first-order valence-electron chi connectivity index (χ1n) is 19.2. The molecule has 2 heterocycles. The second-order valence-corrected chi connectivity index (χ2v) is 14.4. The van der Waals surface area contributed by atoms with E-state index in [2.05, 4.69) is 229 Å². The Labute approximate surface area is 327 Å². The molecule has 2 heteroatoms. The molecule has 0 bridgehead atoms. The number of pyridine rings is 1. The van der Waals surface area contributed by atoms with Crippen molar-refractivity contribution in [2.45, 2.75) is 5.92 Å². The van der Waals surface area contributed by atoms with Gasteiger partial charge in [-0.05, 0) is 56.0 Å². The molecule has 0 saturated heterocycles. The smallest absolute Gasteiger partial charge is 0.101 e. The van der Waals surface area contributed by atoms with Gasteiger partial charge in [-0.25, -0.2) is 4.52 Å². The molecule has 10 rings (SSSR count). The van der Waals surface area contributed by atoms with Gasteiger partial charge in [0.25, 0.3) is 0 Å². The molecule has 0 saturated carbocycles. The monoisotopic (exact) mass is 714 g/mol. The molecule has 8 aromatic carbocycles. The highest BCUT2D eigenvalue weighted by Gasteiger charge is 2.23. The largest absolute Gasteiger partial charge is 0.231 e. The molecule has 0 spiro atoms. The van der Waals surface area contributed by atoms with Crippen molar-refractivity contribution < 1.29 is 0 Å². The summed E-state index contributed by atoms with van der Waals surface area (Å²) in [5.74, 6) is 0.0462. The second-order valence-electron chi connectivity index (χ2n) is 14.4. The minimum Gasteiger partial charge on any atom is -0.231 e. The zero-order chi connectivity index (χ0) is 37.3. The molecule has 264 valence electrons. The normalized spacial score (nSPS) is 11.9. The van der Waals surface area contributed by atoms with E-state index in [9.17, 15) is 0 Å². The van der Waals surface area contributed by atoms with Crippen LogP contribution in [0.1, 0.15) is 22.6 Å². The van der Waals surface area contributed by atoms with Gasteiger partial charge in [0.2, 0.25) is 0 Å². The van der Waals surface area contributed by atoms with Crippen LogP contribution in [-0.4, -0.2) is 9.61 Å². The van der Waals surface area contributed by atoms with Crippen molar-refractivity contribution in [1.29, 1.82) is 0 Å². The van der Waals surface area contributed by atoms with E-state index in [0.29, 0.717) is 0 Å². The standard InChI is InChI=1S/C54H38N2/c1-6-16-38(17-7-1)39-26-28-40(29-27-39)41-30-32-45(33-31-41)51(43-20-10-3-11-21-43)47-34-35-49-48(36-47)37-50(42-18-8-2-9-19-42)56-54(49)52(44-22-12-4-13-23-44)53(55-56)46-24-14-5-15-25-46/h1-37,51H. The summed E-state index contributed by atoms with van der Waals surface area (Å²) in [6, 6.07) is 80.7. The maximum Gasteiger partial charge on any atom is 0.101 e. The summed E-state index contributed by atoms with van der Waals surface area (Å²) in [6.45, 7) is 0. The van der Waals surface area contributed by atoms with Crippen LogP contribution < -0.4 is 0 Å². The van der Waals surface area contributed by atoms with Gasteiger partial charge < -0.3 is 0 Å². The fourth-order valence-corrected chi connectivity index (χ4v) is 8.21. The molecule has 0 aliphatic heterocycles. The summed E-state index contributed by atoms with van der Waals surface area (Å²) in [5, 5.41) is 7.76. The van der Waals surface area contributed by atoms with Gasteiger partial charge in [0, 0.05) is 28.0 Å². The fourth-order valence-electron chi connectivity index (χ4n) is 8.21. The number of fused-ring (bicyclic) bond motifs is 3. The highest BCUT2D eigenvalue weighted by atomic mass is 15.2. The average Bonchev–Trinajstić information content (AvgIpc) is 3.69. The fraction of sp³-hybridized carbons (Fsp3) is 0.0185. The summed E-state index contributed by atoms with van der Waals surface area (Å²) >= 11 is 0. The van der Waals surface area contributed by atoms with Crippen molar-refractivity contribution in [3.05, 3.63) is 241 Å². The van der Waals surface area contributed by atoms with Gasteiger partial charge in [-0.15, -0.1) is 0 Å². The predicted molar refractivity (Wildman–Crippen MR) is 234 cm³/mol. The maximum atomic E-state index is 5.41. The Morgan fingerprint density at radius 2 is 0.768 bits per heavy atom. The highest BCUT2D eigenvalue weighted by Crippen LogP contribution is 2.42. The van der Waals surface area contributed by atoms with Crippen LogP contribution in [0.2, 0.25) is 0 Å². The number of hydrogen-bond acceptors (Lipinski definition) is 1. The Morgan fingerprint density at radius 1 is 0.339 bits per heavy atom. The number of nitrogens with zero attached hydrogens (tertiary/aromatic N) is 2. The Bertz CT molecular complexity index is 2900. The van der Waals surface area contributed by atoms with Crippen LogP contribution in [0.15, 0.2) is 224 Å². The number of benzene rings is 8. The molecule has 1 atom stereocenters. The summed E-state index contributed by atoms with van der Waals surface area (Å²) in [7, 11) is 0. The first kappa shape index (κ1) is 33.3. The molecule has 0 fully saturated rings. The zero-order valence-electron chi connectivity index (χ0n) is 30.8. The molecule has 0 N–H and O–H groups in total.